The van der Waals surface area contributed by atoms with Crippen LogP contribution in [0.2, 0.25) is 0 Å². The summed E-state index contributed by atoms with van der Waals surface area (Å²) in [5, 5.41) is 4.63. The average Bonchev–Trinajstić information content (AvgIpc) is 2.07. The summed E-state index contributed by atoms with van der Waals surface area (Å²) in [4.78, 5) is 4.53. The molecule has 0 spiro atoms. The molecule has 0 radical (unpaired) electrons. The number of nitrogens with one attached hydrogen (secondary N) is 1. The van der Waals surface area contributed by atoms with Gasteiger partial charge in [-0.2, -0.15) is 0 Å². The number of thioether (sulfide) groups is 1. The molecule has 0 aromatic rings. The molecule has 0 aromatic heterocycles. The van der Waals surface area contributed by atoms with Gasteiger partial charge >= 0.3 is 0 Å². The Morgan fingerprint density at radius 3 is 2.71 bits per heavy atom. The van der Waals surface area contributed by atoms with Crippen LogP contribution in [0.25, 0.3) is 0 Å². The van der Waals surface area contributed by atoms with Crippen molar-refractivity contribution in [2.24, 2.45) is 16.8 Å². The number of amidine groups is 1. The lowest BCUT2D eigenvalue weighted by Gasteiger charge is -2.22. The minimum absolute atomic E-state index is 0.551. The van der Waals surface area contributed by atoms with Gasteiger partial charge in [0.15, 0.2) is 5.17 Å². The van der Waals surface area contributed by atoms with E-state index in [1.807, 2.05) is 11.8 Å². The van der Waals surface area contributed by atoms with E-state index >= 15 is 0 Å². The second kappa shape index (κ2) is 5.64. The fourth-order valence-corrected chi connectivity index (χ4v) is 2.62. The quantitative estimate of drug-likeness (QED) is 0.781. The molecule has 1 aliphatic heterocycles. The van der Waals surface area contributed by atoms with E-state index in [0.29, 0.717) is 6.04 Å². The molecule has 0 saturated carbocycles. The Bertz CT molecular complexity index is 201. The summed E-state index contributed by atoms with van der Waals surface area (Å²) in [7, 11) is 0. The summed E-state index contributed by atoms with van der Waals surface area (Å²) in [6.07, 6.45) is 1.22. The second-order valence-electron chi connectivity index (χ2n) is 4.74. The van der Waals surface area contributed by atoms with E-state index in [9.17, 15) is 0 Å². The van der Waals surface area contributed by atoms with E-state index in [-0.39, 0.29) is 0 Å². The van der Waals surface area contributed by atoms with Crippen LogP contribution in [0.1, 0.15) is 34.1 Å². The topological polar surface area (TPSA) is 24.4 Å². The lowest BCUT2D eigenvalue weighted by molar-refractivity contribution is 0.491. The predicted octanol–water partition coefficient (Wildman–Crippen LogP) is 2.75. The highest BCUT2D eigenvalue weighted by molar-refractivity contribution is 8.13. The molecule has 0 bridgehead atoms. The Kier molecular flexibility index (Phi) is 4.79. The number of nitrogens with zero attached hydrogens (tertiary/aromatic N) is 1. The Hall–Kier alpha value is -0.180. The largest absolute Gasteiger partial charge is 0.362 e. The zero-order chi connectivity index (χ0) is 10.6. The van der Waals surface area contributed by atoms with Gasteiger partial charge in [0.25, 0.3) is 0 Å². The van der Waals surface area contributed by atoms with Gasteiger partial charge in [-0.05, 0) is 25.2 Å². The van der Waals surface area contributed by atoms with Gasteiger partial charge < -0.3 is 5.32 Å². The average molecular weight is 214 g/mol. The van der Waals surface area contributed by atoms with Crippen LogP contribution < -0.4 is 5.32 Å². The third-order valence-corrected chi connectivity index (χ3v) is 3.50. The fraction of sp³-hybridized carbons (Fsp3) is 0.909. The highest BCUT2D eigenvalue weighted by atomic mass is 32.2. The zero-order valence-corrected chi connectivity index (χ0v) is 10.5. The molecule has 0 fully saturated rings. The molecule has 2 nitrogen and oxygen atoms in total. The summed E-state index contributed by atoms with van der Waals surface area (Å²) in [6, 6.07) is 0.551. The Balaban J connectivity index is 2.30. The van der Waals surface area contributed by atoms with Gasteiger partial charge in [-0.15, -0.1) is 0 Å². The summed E-state index contributed by atoms with van der Waals surface area (Å²) < 4.78 is 0. The first kappa shape index (κ1) is 11.9. The molecule has 3 heteroatoms. The normalized spacial score (nSPS) is 24.6. The van der Waals surface area contributed by atoms with Gasteiger partial charge in [-0.25, -0.2) is 0 Å². The molecule has 2 unspecified atom stereocenters. The van der Waals surface area contributed by atoms with E-state index in [1.54, 1.807) is 0 Å². The van der Waals surface area contributed by atoms with E-state index in [2.05, 4.69) is 38.0 Å². The maximum atomic E-state index is 4.53. The molecule has 2 atom stereocenters. The van der Waals surface area contributed by atoms with Gasteiger partial charge in [0.2, 0.25) is 0 Å². The molecule has 1 heterocycles. The van der Waals surface area contributed by atoms with Crippen molar-refractivity contribution in [2.75, 3.05) is 12.3 Å². The minimum atomic E-state index is 0.551. The molecular formula is C11H22N2S. The maximum Gasteiger partial charge on any atom is 0.156 e. The van der Waals surface area contributed by atoms with Crippen LogP contribution in [-0.2, 0) is 0 Å². The van der Waals surface area contributed by atoms with Gasteiger partial charge in [0.1, 0.15) is 0 Å². The molecule has 0 aliphatic carbocycles. The first-order valence-corrected chi connectivity index (χ1v) is 6.50. The molecule has 0 aromatic carbocycles. The molecule has 82 valence electrons. The van der Waals surface area contributed by atoms with Crippen molar-refractivity contribution in [1.82, 2.24) is 5.32 Å². The standard InChI is InChI=1S/C11H22N2S/c1-8(2)5-10(4)13-11-12-6-9(3)7-14-11/h8-10H,5-7H2,1-4H3,(H,12,13). The third kappa shape index (κ3) is 4.36. The van der Waals surface area contributed by atoms with Crippen molar-refractivity contribution >= 4 is 16.9 Å². The van der Waals surface area contributed by atoms with Crippen molar-refractivity contribution in [3.8, 4) is 0 Å². The number of aliphatic imine (C=N–C) groups is 1. The molecule has 1 rings (SSSR count). The molecule has 14 heavy (non-hydrogen) atoms. The SMILES string of the molecule is CC(C)CC(C)NC1=NCC(C)CS1. The highest BCUT2D eigenvalue weighted by Crippen LogP contribution is 2.16. The number of hydrogen-bond donors (Lipinski definition) is 1. The molecule has 0 amide bonds. The van der Waals surface area contributed by atoms with Crippen LogP contribution in [0.4, 0.5) is 0 Å². The number of hydrogen-bond acceptors (Lipinski definition) is 3. The maximum absolute atomic E-state index is 4.53. The summed E-state index contributed by atoms with van der Waals surface area (Å²) >= 11 is 1.87. The van der Waals surface area contributed by atoms with Crippen LogP contribution in [0.15, 0.2) is 4.99 Å². The molecular weight excluding hydrogens is 192 g/mol. The van der Waals surface area contributed by atoms with Crippen molar-refractivity contribution < 1.29 is 0 Å². The third-order valence-electron chi connectivity index (χ3n) is 2.25. The van der Waals surface area contributed by atoms with E-state index in [1.165, 1.54) is 12.2 Å². The van der Waals surface area contributed by atoms with Gasteiger partial charge in [0, 0.05) is 18.3 Å². The Morgan fingerprint density at radius 2 is 2.21 bits per heavy atom. The number of rotatable bonds is 3. The van der Waals surface area contributed by atoms with Gasteiger partial charge in [-0.3, -0.25) is 4.99 Å². The van der Waals surface area contributed by atoms with Crippen molar-refractivity contribution in [2.45, 2.75) is 40.2 Å². The lowest BCUT2D eigenvalue weighted by Crippen LogP contribution is -2.34. The van der Waals surface area contributed by atoms with Crippen LogP contribution >= 0.6 is 11.8 Å². The van der Waals surface area contributed by atoms with Crippen molar-refractivity contribution in [1.29, 1.82) is 0 Å². The van der Waals surface area contributed by atoms with Crippen LogP contribution in [0, 0.1) is 11.8 Å². The van der Waals surface area contributed by atoms with E-state index < -0.39 is 0 Å². The predicted molar refractivity (Wildman–Crippen MR) is 66.0 cm³/mol. The zero-order valence-electron chi connectivity index (χ0n) is 9.71. The summed E-state index contributed by atoms with van der Waals surface area (Å²) in [5.74, 6) is 2.71. The molecule has 1 aliphatic rings. The van der Waals surface area contributed by atoms with Crippen molar-refractivity contribution in [3.05, 3.63) is 0 Å². The molecule has 0 saturated heterocycles. The second-order valence-corrected chi connectivity index (χ2v) is 5.75. The van der Waals surface area contributed by atoms with E-state index in [4.69, 9.17) is 0 Å². The molecule has 1 N–H and O–H groups in total. The van der Waals surface area contributed by atoms with Crippen molar-refractivity contribution in [3.63, 3.8) is 0 Å². The van der Waals surface area contributed by atoms with Gasteiger partial charge in [0.05, 0.1) is 0 Å². The van der Waals surface area contributed by atoms with Crippen LogP contribution in [0.3, 0.4) is 0 Å². The Morgan fingerprint density at radius 1 is 1.50 bits per heavy atom. The monoisotopic (exact) mass is 214 g/mol. The highest BCUT2D eigenvalue weighted by Gasteiger charge is 2.14. The fourth-order valence-electron chi connectivity index (χ4n) is 1.62. The Labute approximate surface area is 92.0 Å². The first-order chi connectivity index (χ1) is 6.58. The minimum Gasteiger partial charge on any atom is -0.362 e. The summed E-state index contributed by atoms with van der Waals surface area (Å²) in [6.45, 7) is 10.0. The van der Waals surface area contributed by atoms with Gasteiger partial charge in [-0.1, -0.05) is 32.5 Å². The summed E-state index contributed by atoms with van der Waals surface area (Å²) in [5.41, 5.74) is 0. The smallest absolute Gasteiger partial charge is 0.156 e. The van der Waals surface area contributed by atoms with Crippen LogP contribution in [0.5, 0.6) is 0 Å². The van der Waals surface area contributed by atoms with E-state index in [0.717, 1.165) is 23.5 Å². The lowest BCUT2D eigenvalue weighted by atomic mass is 10.1. The van der Waals surface area contributed by atoms with Crippen LogP contribution in [-0.4, -0.2) is 23.5 Å². The first-order valence-electron chi connectivity index (χ1n) is 5.51.